The number of amides is 1. The fourth-order valence-corrected chi connectivity index (χ4v) is 3.53. The number of pyridine rings is 1. The number of benzene rings is 1. The minimum atomic E-state index is -4.81. The minimum Gasteiger partial charge on any atom is -0.268 e. The van der Waals surface area contributed by atoms with E-state index < -0.39 is 33.2 Å². The van der Waals surface area contributed by atoms with Crippen LogP contribution in [0, 0.1) is 0 Å². The van der Waals surface area contributed by atoms with Gasteiger partial charge in [0.05, 0.1) is 16.0 Å². The largest absolute Gasteiger partial charge is 0.417 e. The van der Waals surface area contributed by atoms with Crippen molar-refractivity contribution in [1.82, 2.24) is 9.71 Å². The third kappa shape index (κ3) is 4.36. The Morgan fingerprint density at radius 2 is 1.88 bits per heavy atom. The van der Waals surface area contributed by atoms with E-state index in [1.54, 1.807) is 16.9 Å². The molecule has 2 aromatic rings. The second-order valence-corrected chi connectivity index (χ2v) is 6.86. The number of aryl methyl sites for hydroxylation is 1. The lowest BCUT2D eigenvalue weighted by atomic mass is 10.1. The summed E-state index contributed by atoms with van der Waals surface area (Å²) >= 11 is 0. The Balaban J connectivity index is 2.39. The van der Waals surface area contributed by atoms with Crippen molar-refractivity contribution in [2.75, 3.05) is 0 Å². The maximum atomic E-state index is 13.0. The van der Waals surface area contributed by atoms with Crippen molar-refractivity contribution < 1.29 is 26.4 Å². The number of carbonyl (C=O) groups excluding carboxylic acids is 1. The molecule has 0 unspecified atom stereocenters. The molecular formula is C16H15F3N2O3S. The third-order valence-electron chi connectivity index (χ3n) is 3.38. The molecule has 5 nitrogen and oxygen atoms in total. The summed E-state index contributed by atoms with van der Waals surface area (Å²) in [5, 5.41) is 0. The van der Waals surface area contributed by atoms with Crippen molar-refractivity contribution in [1.29, 1.82) is 0 Å². The molecule has 1 amide bonds. The van der Waals surface area contributed by atoms with E-state index in [1.807, 2.05) is 6.92 Å². The standard InChI is InChI=1S/C16H15F3N2O3S/c1-2-5-11-6-3-4-7-14(11)25(23,24)21-15(22)12-10-20-9-8-13(12)16(17,18)19/h3-4,6-10H,2,5H2,1H3,(H,21,22). The fraction of sp³-hybridized carbons (Fsp3) is 0.250. The van der Waals surface area contributed by atoms with Gasteiger partial charge in [0, 0.05) is 12.4 Å². The van der Waals surface area contributed by atoms with E-state index in [9.17, 15) is 26.4 Å². The zero-order valence-corrected chi connectivity index (χ0v) is 14.0. The van der Waals surface area contributed by atoms with Crippen molar-refractivity contribution >= 4 is 15.9 Å². The number of sulfonamides is 1. The highest BCUT2D eigenvalue weighted by Gasteiger charge is 2.36. The highest BCUT2D eigenvalue weighted by Crippen LogP contribution is 2.31. The smallest absolute Gasteiger partial charge is 0.268 e. The van der Waals surface area contributed by atoms with Crippen molar-refractivity contribution in [3.05, 3.63) is 59.4 Å². The molecule has 0 fully saturated rings. The SMILES string of the molecule is CCCc1ccccc1S(=O)(=O)NC(=O)c1cnccc1C(F)(F)F. The molecule has 25 heavy (non-hydrogen) atoms. The number of nitrogens with zero attached hydrogens (tertiary/aromatic N) is 1. The van der Waals surface area contributed by atoms with Crippen LogP contribution in [0.1, 0.15) is 34.8 Å². The summed E-state index contributed by atoms with van der Waals surface area (Å²) in [5.41, 5.74) is -1.63. The number of nitrogens with one attached hydrogen (secondary N) is 1. The number of hydrogen-bond donors (Lipinski definition) is 1. The summed E-state index contributed by atoms with van der Waals surface area (Å²) in [6, 6.07) is 6.63. The first-order valence-corrected chi connectivity index (χ1v) is 8.81. The molecule has 134 valence electrons. The average Bonchev–Trinajstić information content (AvgIpc) is 2.54. The molecule has 2 rings (SSSR count). The summed E-state index contributed by atoms with van der Waals surface area (Å²) in [6.07, 6.45) is -2.12. The molecule has 0 atom stereocenters. The van der Waals surface area contributed by atoms with Crippen LogP contribution in [0.25, 0.3) is 0 Å². The third-order valence-corrected chi connectivity index (χ3v) is 4.81. The summed E-state index contributed by atoms with van der Waals surface area (Å²) in [6.45, 7) is 1.85. The zero-order chi connectivity index (χ0) is 18.7. The van der Waals surface area contributed by atoms with Crippen molar-refractivity contribution in [2.24, 2.45) is 0 Å². The van der Waals surface area contributed by atoms with Crippen LogP contribution in [0.15, 0.2) is 47.6 Å². The van der Waals surface area contributed by atoms with Crippen molar-refractivity contribution in [3.8, 4) is 0 Å². The van der Waals surface area contributed by atoms with Crippen LogP contribution in [0.3, 0.4) is 0 Å². The molecule has 0 saturated heterocycles. The first kappa shape index (κ1) is 18.9. The molecule has 0 bridgehead atoms. The van der Waals surface area contributed by atoms with Crippen LogP contribution in [0.2, 0.25) is 0 Å². The Morgan fingerprint density at radius 3 is 2.52 bits per heavy atom. The number of hydrogen-bond acceptors (Lipinski definition) is 4. The Morgan fingerprint density at radius 1 is 1.20 bits per heavy atom. The van der Waals surface area contributed by atoms with Crippen LogP contribution in [-0.4, -0.2) is 19.3 Å². The fourth-order valence-electron chi connectivity index (χ4n) is 2.30. The minimum absolute atomic E-state index is 0.136. The number of aromatic nitrogens is 1. The Hall–Kier alpha value is -2.42. The molecule has 1 heterocycles. The van der Waals surface area contributed by atoms with Gasteiger partial charge in [0.1, 0.15) is 0 Å². The normalized spacial score (nSPS) is 12.0. The molecule has 0 spiro atoms. The highest BCUT2D eigenvalue weighted by molar-refractivity contribution is 7.90. The van der Waals surface area contributed by atoms with Gasteiger partial charge in [0.2, 0.25) is 0 Å². The van der Waals surface area contributed by atoms with E-state index in [0.717, 1.165) is 6.20 Å². The average molecular weight is 372 g/mol. The van der Waals surface area contributed by atoms with Gasteiger partial charge in [-0.15, -0.1) is 0 Å². The first-order valence-electron chi connectivity index (χ1n) is 7.33. The molecule has 0 saturated carbocycles. The Bertz CT molecular complexity index is 880. The molecule has 1 aromatic carbocycles. The van der Waals surface area contributed by atoms with Gasteiger partial charge in [-0.1, -0.05) is 31.5 Å². The van der Waals surface area contributed by atoms with Gasteiger partial charge in [-0.25, -0.2) is 13.1 Å². The monoisotopic (exact) mass is 372 g/mol. The molecule has 0 aliphatic heterocycles. The molecule has 0 aliphatic carbocycles. The number of halogens is 3. The van der Waals surface area contributed by atoms with E-state index in [0.29, 0.717) is 30.7 Å². The second-order valence-electron chi connectivity index (χ2n) is 5.21. The van der Waals surface area contributed by atoms with Gasteiger partial charge in [-0.05, 0) is 24.1 Å². The van der Waals surface area contributed by atoms with Crippen LogP contribution in [-0.2, 0) is 22.6 Å². The van der Waals surface area contributed by atoms with E-state index in [4.69, 9.17) is 0 Å². The van der Waals surface area contributed by atoms with E-state index in [-0.39, 0.29) is 4.90 Å². The van der Waals surface area contributed by atoms with Crippen LogP contribution in [0.5, 0.6) is 0 Å². The summed E-state index contributed by atoms with van der Waals surface area (Å²) in [4.78, 5) is 15.5. The van der Waals surface area contributed by atoms with Crippen LogP contribution < -0.4 is 4.72 Å². The van der Waals surface area contributed by atoms with E-state index in [1.165, 1.54) is 12.1 Å². The predicted octanol–water partition coefficient (Wildman–Crippen LogP) is 3.17. The van der Waals surface area contributed by atoms with Gasteiger partial charge < -0.3 is 0 Å². The lowest BCUT2D eigenvalue weighted by Gasteiger charge is -2.14. The number of alkyl halides is 3. The molecule has 9 heteroatoms. The van der Waals surface area contributed by atoms with Gasteiger partial charge >= 0.3 is 6.18 Å². The van der Waals surface area contributed by atoms with Gasteiger partial charge in [0.15, 0.2) is 0 Å². The van der Waals surface area contributed by atoms with E-state index in [2.05, 4.69) is 4.98 Å². The van der Waals surface area contributed by atoms with Crippen molar-refractivity contribution in [2.45, 2.75) is 30.8 Å². The second kappa shape index (κ2) is 7.22. The maximum absolute atomic E-state index is 13.0. The molecule has 0 aliphatic rings. The molecule has 1 N–H and O–H groups in total. The van der Waals surface area contributed by atoms with Gasteiger partial charge in [-0.3, -0.25) is 9.78 Å². The van der Waals surface area contributed by atoms with Crippen molar-refractivity contribution in [3.63, 3.8) is 0 Å². The van der Waals surface area contributed by atoms with Crippen LogP contribution in [0.4, 0.5) is 13.2 Å². The quantitative estimate of drug-likeness (QED) is 0.875. The Kier molecular flexibility index (Phi) is 5.46. The highest BCUT2D eigenvalue weighted by atomic mass is 32.2. The Labute approximate surface area is 143 Å². The molecular weight excluding hydrogens is 357 g/mol. The van der Waals surface area contributed by atoms with E-state index >= 15 is 0 Å². The maximum Gasteiger partial charge on any atom is 0.417 e. The molecule has 1 aromatic heterocycles. The topological polar surface area (TPSA) is 76.1 Å². The first-order chi connectivity index (χ1) is 11.7. The zero-order valence-electron chi connectivity index (χ0n) is 13.2. The molecule has 0 radical (unpaired) electrons. The van der Waals surface area contributed by atoms with Gasteiger partial charge in [-0.2, -0.15) is 13.2 Å². The van der Waals surface area contributed by atoms with Gasteiger partial charge in [0.25, 0.3) is 15.9 Å². The summed E-state index contributed by atoms with van der Waals surface area (Å²) < 4.78 is 65.5. The number of carbonyl (C=O) groups is 1. The lowest BCUT2D eigenvalue weighted by molar-refractivity contribution is -0.138. The lowest BCUT2D eigenvalue weighted by Crippen LogP contribution is -2.32. The summed E-state index contributed by atoms with van der Waals surface area (Å²) in [7, 11) is -4.32. The summed E-state index contributed by atoms with van der Waals surface area (Å²) in [5.74, 6) is -1.38. The van der Waals surface area contributed by atoms with Crippen LogP contribution >= 0.6 is 0 Å². The predicted molar refractivity (Wildman–Crippen MR) is 84.3 cm³/mol. The number of rotatable bonds is 5.